The molecule has 34 heavy (non-hydrogen) atoms. The van der Waals surface area contributed by atoms with Crippen molar-refractivity contribution in [3.05, 3.63) is 87.9 Å². The molecule has 7 nitrogen and oxygen atoms in total. The van der Waals surface area contributed by atoms with Gasteiger partial charge in [-0.15, -0.1) is 0 Å². The van der Waals surface area contributed by atoms with Gasteiger partial charge in [0.05, 0.1) is 0 Å². The molecule has 7 heteroatoms. The number of amides is 4. The van der Waals surface area contributed by atoms with Crippen molar-refractivity contribution in [3.63, 3.8) is 0 Å². The smallest absolute Gasteiger partial charge is 0.325 e. The molecular weight excluding hydrogens is 428 g/mol. The van der Waals surface area contributed by atoms with E-state index in [1.54, 1.807) is 18.2 Å². The Morgan fingerprint density at radius 2 is 1.65 bits per heavy atom. The van der Waals surface area contributed by atoms with Crippen LogP contribution in [0.25, 0.3) is 11.8 Å². The molecule has 0 bridgehead atoms. The molecule has 0 saturated carbocycles. The summed E-state index contributed by atoms with van der Waals surface area (Å²) in [6.07, 6.45) is 1.66. The lowest BCUT2D eigenvalue weighted by atomic mass is 10.1. The third-order valence-corrected chi connectivity index (χ3v) is 6.12. The zero-order chi connectivity index (χ0) is 24.6. The molecular formula is C27H28N4O3. The Labute approximate surface area is 199 Å². The van der Waals surface area contributed by atoms with Crippen molar-refractivity contribution in [2.75, 3.05) is 11.9 Å². The van der Waals surface area contributed by atoms with Crippen LogP contribution in [0.5, 0.6) is 0 Å². The van der Waals surface area contributed by atoms with Crippen LogP contribution in [0.3, 0.4) is 0 Å². The summed E-state index contributed by atoms with van der Waals surface area (Å²) in [6.45, 7) is 9.71. The SMILES string of the molecule is Cc1ccc(NC(=O)CN2C(=O)N/C(=C/c3cc(C)n(-c4ccc(C)c(C)c4)c3C)C2=O)cc1. The second-order valence-corrected chi connectivity index (χ2v) is 8.72. The molecule has 1 aromatic heterocycles. The van der Waals surface area contributed by atoms with Crippen molar-refractivity contribution >= 4 is 29.6 Å². The topological polar surface area (TPSA) is 83.4 Å². The van der Waals surface area contributed by atoms with E-state index in [-0.39, 0.29) is 12.2 Å². The van der Waals surface area contributed by atoms with Gasteiger partial charge in [-0.25, -0.2) is 9.69 Å². The van der Waals surface area contributed by atoms with Gasteiger partial charge in [-0.1, -0.05) is 23.8 Å². The molecule has 3 aromatic rings. The Morgan fingerprint density at radius 3 is 2.32 bits per heavy atom. The molecule has 0 unspecified atom stereocenters. The molecule has 1 aliphatic rings. The number of nitrogens with one attached hydrogen (secondary N) is 2. The molecule has 174 valence electrons. The summed E-state index contributed by atoms with van der Waals surface area (Å²) < 4.78 is 2.12. The Hall–Kier alpha value is -4.13. The lowest BCUT2D eigenvalue weighted by Gasteiger charge is -2.12. The number of aromatic nitrogens is 1. The predicted octanol–water partition coefficient (Wildman–Crippen LogP) is 4.55. The number of hydrogen-bond acceptors (Lipinski definition) is 3. The first kappa shape index (κ1) is 23.0. The maximum atomic E-state index is 12.9. The zero-order valence-electron chi connectivity index (χ0n) is 20.0. The minimum absolute atomic E-state index is 0.147. The highest BCUT2D eigenvalue weighted by Crippen LogP contribution is 2.25. The maximum Gasteiger partial charge on any atom is 0.329 e. The second kappa shape index (κ2) is 9.02. The van der Waals surface area contributed by atoms with E-state index in [2.05, 4.69) is 47.2 Å². The first-order chi connectivity index (χ1) is 16.1. The minimum atomic E-state index is -0.613. The summed E-state index contributed by atoms with van der Waals surface area (Å²) in [5.74, 6) is -0.971. The van der Waals surface area contributed by atoms with Crippen LogP contribution in [0.4, 0.5) is 10.5 Å². The van der Waals surface area contributed by atoms with E-state index in [4.69, 9.17) is 0 Å². The van der Waals surface area contributed by atoms with Gasteiger partial charge in [-0.2, -0.15) is 0 Å². The van der Waals surface area contributed by atoms with Gasteiger partial charge in [0.15, 0.2) is 0 Å². The molecule has 0 radical (unpaired) electrons. The van der Waals surface area contributed by atoms with E-state index in [1.165, 1.54) is 11.1 Å². The number of anilines is 1. The molecule has 0 spiro atoms. The molecule has 4 amide bonds. The molecule has 4 rings (SSSR count). The van der Waals surface area contributed by atoms with E-state index in [0.717, 1.165) is 33.1 Å². The Bertz CT molecular complexity index is 1330. The number of urea groups is 1. The van der Waals surface area contributed by atoms with Crippen molar-refractivity contribution in [2.24, 2.45) is 0 Å². The lowest BCUT2D eigenvalue weighted by Crippen LogP contribution is -2.38. The van der Waals surface area contributed by atoms with Gasteiger partial charge in [0.2, 0.25) is 5.91 Å². The number of rotatable bonds is 5. The average molecular weight is 457 g/mol. The number of carbonyl (C=O) groups excluding carboxylic acids is 3. The van der Waals surface area contributed by atoms with E-state index >= 15 is 0 Å². The van der Waals surface area contributed by atoms with Crippen molar-refractivity contribution in [2.45, 2.75) is 34.6 Å². The first-order valence-electron chi connectivity index (χ1n) is 11.1. The Balaban J connectivity index is 1.53. The number of benzene rings is 2. The molecule has 2 heterocycles. The fourth-order valence-electron chi connectivity index (χ4n) is 4.05. The predicted molar refractivity (Wildman–Crippen MR) is 133 cm³/mol. The molecule has 1 saturated heterocycles. The highest BCUT2D eigenvalue weighted by atomic mass is 16.2. The summed E-state index contributed by atoms with van der Waals surface area (Å²) in [5, 5.41) is 5.31. The van der Waals surface area contributed by atoms with Gasteiger partial charge in [-0.05, 0) is 87.7 Å². The number of hydrogen-bond donors (Lipinski definition) is 2. The van der Waals surface area contributed by atoms with Gasteiger partial charge in [0.1, 0.15) is 12.2 Å². The maximum absolute atomic E-state index is 12.9. The van der Waals surface area contributed by atoms with Crippen molar-refractivity contribution in [3.8, 4) is 5.69 Å². The van der Waals surface area contributed by atoms with Crippen LogP contribution in [0.2, 0.25) is 0 Å². The third-order valence-electron chi connectivity index (χ3n) is 6.12. The summed E-state index contributed by atoms with van der Waals surface area (Å²) >= 11 is 0. The molecule has 1 aliphatic heterocycles. The summed E-state index contributed by atoms with van der Waals surface area (Å²) in [6, 6.07) is 14.9. The minimum Gasteiger partial charge on any atom is -0.325 e. The van der Waals surface area contributed by atoms with Gasteiger partial charge in [0, 0.05) is 22.8 Å². The number of imide groups is 1. The van der Waals surface area contributed by atoms with E-state index in [9.17, 15) is 14.4 Å². The lowest BCUT2D eigenvalue weighted by molar-refractivity contribution is -0.127. The molecule has 1 fully saturated rings. The first-order valence-corrected chi connectivity index (χ1v) is 11.1. The van der Waals surface area contributed by atoms with E-state index in [1.807, 2.05) is 39.0 Å². The van der Waals surface area contributed by atoms with Crippen LogP contribution in [0.15, 0.2) is 54.2 Å². The Kier molecular flexibility index (Phi) is 6.11. The fraction of sp³-hybridized carbons (Fsp3) is 0.222. The monoisotopic (exact) mass is 456 g/mol. The van der Waals surface area contributed by atoms with E-state index in [0.29, 0.717) is 5.69 Å². The van der Waals surface area contributed by atoms with Crippen LogP contribution in [-0.4, -0.2) is 33.9 Å². The summed E-state index contributed by atoms with van der Waals surface area (Å²) in [4.78, 5) is 38.7. The highest BCUT2D eigenvalue weighted by molar-refractivity contribution is 6.16. The van der Waals surface area contributed by atoms with Crippen molar-refractivity contribution in [1.29, 1.82) is 0 Å². The third kappa shape index (κ3) is 4.50. The number of carbonyl (C=O) groups is 3. The zero-order valence-corrected chi connectivity index (χ0v) is 20.0. The van der Waals surface area contributed by atoms with Gasteiger partial charge >= 0.3 is 6.03 Å². The normalized spacial score (nSPS) is 14.6. The van der Waals surface area contributed by atoms with Crippen molar-refractivity contribution < 1.29 is 14.4 Å². The largest absolute Gasteiger partial charge is 0.329 e. The van der Waals surface area contributed by atoms with Crippen LogP contribution in [0, 0.1) is 34.6 Å². The molecule has 2 N–H and O–H groups in total. The van der Waals surface area contributed by atoms with Crippen LogP contribution < -0.4 is 10.6 Å². The summed E-state index contributed by atoms with van der Waals surface area (Å²) in [7, 11) is 0. The van der Waals surface area contributed by atoms with Crippen molar-refractivity contribution in [1.82, 2.24) is 14.8 Å². The molecule has 0 atom stereocenters. The standard InChI is InChI=1S/C27H28N4O3/c1-16-6-9-22(10-7-16)28-25(32)15-30-26(33)24(29-27(30)34)14-21-13-19(4)31(20(21)5)23-11-8-17(2)18(3)12-23/h6-14H,15H2,1-5H3,(H,28,32)(H,29,34)/b24-14+. The van der Waals surface area contributed by atoms with Crippen LogP contribution in [-0.2, 0) is 9.59 Å². The fourth-order valence-corrected chi connectivity index (χ4v) is 4.05. The quantitative estimate of drug-likeness (QED) is 0.436. The highest BCUT2D eigenvalue weighted by Gasteiger charge is 2.35. The molecule has 2 aromatic carbocycles. The molecule has 0 aliphatic carbocycles. The van der Waals surface area contributed by atoms with E-state index < -0.39 is 17.8 Å². The summed E-state index contributed by atoms with van der Waals surface area (Å²) in [5.41, 5.74) is 8.07. The number of aryl methyl sites for hydroxylation is 4. The second-order valence-electron chi connectivity index (χ2n) is 8.72. The average Bonchev–Trinajstić information content (AvgIpc) is 3.21. The van der Waals surface area contributed by atoms with Crippen LogP contribution >= 0.6 is 0 Å². The van der Waals surface area contributed by atoms with Gasteiger partial charge < -0.3 is 15.2 Å². The van der Waals surface area contributed by atoms with Gasteiger partial charge in [0.25, 0.3) is 5.91 Å². The Morgan fingerprint density at radius 1 is 0.941 bits per heavy atom. The number of nitrogens with zero attached hydrogens (tertiary/aromatic N) is 2. The van der Waals surface area contributed by atoms with Crippen LogP contribution in [0.1, 0.15) is 33.6 Å². The van der Waals surface area contributed by atoms with Gasteiger partial charge in [-0.3, -0.25) is 9.59 Å².